The number of nitrogens with one attached hydrogen (secondary N) is 3. The fraction of sp³-hybridized carbons (Fsp3) is 0.381. The van der Waals surface area contributed by atoms with Gasteiger partial charge < -0.3 is 15.0 Å². The summed E-state index contributed by atoms with van der Waals surface area (Å²) in [7, 11) is 0. The molecule has 28 heavy (non-hydrogen) atoms. The van der Waals surface area contributed by atoms with E-state index >= 15 is 0 Å². The van der Waals surface area contributed by atoms with Crippen LogP contribution in [0.4, 0.5) is 0 Å². The molecule has 1 saturated heterocycles. The van der Waals surface area contributed by atoms with Crippen molar-refractivity contribution >= 4 is 11.5 Å². The lowest BCUT2D eigenvalue weighted by Crippen LogP contribution is -2.42. The molecule has 3 aliphatic heterocycles. The van der Waals surface area contributed by atoms with Crippen molar-refractivity contribution in [2.45, 2.75) is 13.1 Å². The lowest BCUT2D eigenvalue weighted by molar-refractivity contribution is -0.118. The standard InChI is InChI=1S/C21H27N5O2/c1-2-22-24-21(27)20-18(15-25-10-12-28-13-11-25)26-14-17(8-9-19(26)23-20)16-6-4-3-5-7-16/h3-9,14,19,22-23H,2,10-13,15H2,1H3,(H,24,27). The number of ether oxygens (including phenoxy) is 1. The van der Waals surface area contributed by atoms with Crippen molar-refractivity contribution < 1.29 is 9.53 Å². The third kappa shape index (κ3) is 3.96. The molecule has 148 valence electrons. The van der Waals surface area contributed by atoms with Crippen LogP contribution < -0.4 is 16.2 Å². The Morgan fingerprint density at radius 3 is 2.79 bits per heavy atom. The Labute approximate surface area is 165 Å². The van der Waals surface area contributed by atoms with Gasteiger partial charge in [-0.15, -0.1) is 0 Å². The first-order chi connectivity index (χ1) is 13.8. The number of carbonyl (C=O) groups is 1. The van der Waals surface area contributed by atoms with Crippen molar-refractivity contribution in [3.8, 4) is 0 Å². The average molecular weight is 381 g/mol. The normalized spacial score (nSPS) is 22.0. The Morgan fingerprint density at radius 1 is 1.25 bits per heavy atom. The molecule has 1 aromatic rings. The molecule has 7 heteroatoms. The smallest absolute Gasteiger partial charge is 0.283 e. The number of amides is 1. The van der Waals surface area contributed by atoms with E-state index in [-0.39, 0.29) is 12.1 Å². The van der Waals surface area contributed by atoms with Crippen LogP contribution in [0.25, 0.3) is 5.57 Å². The number of benzene rings is 1. The molecular formula is C21H27N5O2. The molecule has 0 radical (unpaired) electrons. The topological polar surface area (TPSA) is 68.9 Å². The fourth-order valence-electron chi connectivity index (χ4n) is 3.65. The molecule has 7 nitrogen and oxygen atoms in total. The van der Waals surface area contributed by atoms with Crippen molar-refractivity contribution in [3.05, 3.63) is 65.6 Å². The zero-order chi connectivity index (χ0) is 19.3. The maximum atomic E-state index is 12.7. The van der Waals surface area contributed by atoms with Crippen LogP contribution in [0, 0.1) is 0 Å². The highest BCUT2D eigenvalue weighted by atomic mass is 16.5. The van der Waals surface area contributed by atoms with E-state index in [2.05, 4.69) is 56.5 Å². The molecule has 1 amide bonds. The van der Waals surface area contributed by atoms with E-state index in [1.807, 2.05) is 25.1 Å². The van der Waals surface area contributed by atoms with Crippen molar-refractivity contribution in [3.63, 3.8) is 0 Å². The van der Waals surface area contributed by atoms with Crippen molar-refractivity contribution in [2.24, 2.45) is 0 Å². The first kappa shape index (κ1) is 18.7. The van der Waals surface area contributed by atoms with Gasteiger partial charge in [0.15, 0.2) is 0 Å². The van der Waals surface area contributed by atoms with Gasteiger partial charge in [0.05, 0.1) is 18.9 Å². The van der Waals surface area contributed by atoms with Gasteiger partial charge in [0.1, 0.15) is 11.9 Å². The summed E-state index contributed by atoms with van der Waals surface area (Å²) in [4.78, 5) is 17.3. The second-order valence-corrected chi connectivity index (χ2v) is 7.00. The quantitative estimate of drug-likeness (QED) is 0.639. The maximum Gasteiger partial charge on any atom is 0.283 e. The second kappa shape index (κ2) is 8.60. The highest BCUT2D eigenvalue weighted by Crippen LogP contribution is 2.30. The van der Waals surface area contributed by atoms with E-state index < -0.39 is 0 Å². The summed E-state index contributed by atoms with van der Waals surface area (Å²) in [6.07, 6.45) is 6.30. The lowest BCUT2D eigenvalue weighted by atomic mass is 10.0. The van der Waals surface area contributed by atoms with Gasteiger partial charge in [0, 0.05) is 32.4 Å². The summed E-state index contributed by atoms with van der Waals surface area (Å²) in [6, 6.07) is 10.3. The summed E-state index contributed by atoms with van der Waals surface area (Å²) in [5.41, 5.74) is 9.57. The Hall–Kier alpha value is -2.61. The first-order valence-corrected chi connectivity index (χ1v) is 9.83. The van der Waals surface area contributed by atoms with Crippen molar-refractivity contribution in [1.29, 1.82) is 0 Å². The number of fused-ring (bicyclic) bond motifs is 1. The molecule has 1 atom stereocenters. The van der Waals surface area contributed by atoms with Gasteiger partial charge in [-0.2, -0.15) is 0 Å². The molecule has 0 aliphatic carbocycles. The molecule has 1 fully saturated rings. The van der Waals surface area contributed by atoms with Gasteiger partial charge in [0.2, 0.25) is 0 Å². The monoisotopic (exact) mass is 381 g/mol. The number of hydrazine groups is 1. The predicted octanol–water partition coefficient (Wildman–Crippen LogP) is 1.01. The first-order valence-electron chi connectivity index (χ1n) is 9.83. The number of morpholine rings is 1. The van der Waals surface area contributed by atoms with E-state index in [9.17, 15) is 4.79 Å². The Kier molecular flexibility index (Phi) is 5.76. The summed E-state index contributed by atoms with van der Waals surface area (Å²) < 4.78 is 5.47. The van der Waals surface area contributed by atoms with Crippen LogP contribution in [-0.4, -0.2) is 61.3 Å². The van der Waals surface area contributed by atoms with E-state index in [0.29, 0.717) is 18.8 Å². The second-order valence-electron chi connectivity index (χ2n) is 7.00. The minimum absolute atomic E-state index is 0.0501. The van der Waals surface area contributed by atoms with Crippen molar-refractivity contribution in [2.75, 3.05) is 39.4 Å². The molecule has 0 saturated carbocycles. The molecule has 0 spiro atoms. The third-order valence-electron chi connectivity index (χ3n) is 5.12. The highest BCUT2D eigenvalue weighted by Gasteiger charge is 2.34. The van der Waals surface area contributed by atoms with Gasteiger partial charge in [-0.25, -0.2) is 5.43 Å². The summed E-state index contributed by atoms with van der Waals surface area (Å²) in [5.74, 6) is -0.137. The van der Waals surface area contributed by atoms with Crippen LogP contribution in [0.15, 0.2) is 60.1 Å². The van der Waals surface area contributed by atoms with Crippen molar-refractivity contribution in [1.82, 2.24) is 26.0 Å². The molecule has 1 aromatic carbocycles. The molecular weight excluding hydrogens is 354 g/mol. The average Bonchev–Trinajstić information content (AvgIpc) is 3.11. The molecule has 3 aliphatic rings. The number of allylic oxidation sites excluding steroid dienone is 2. The van der Waals surface area contributed by atoms with Crippen LogP contribution >= 0.6 is 0 Å². The zero-order valence-corrected chi connectivity index (χ0v) is 16.1. The molecule has 0 bridgehead atoms. The number of nitrogens with zero attached hydrogens (tertiary/aromatic N) is 2. The number of hydrogen-bond acceptors (Lipinski definition) is 6. The highest BCUT2D eigenvalue weighted by molar-refractivity contribution is 5.94. The number of rotatable bonds is 6. The SMILES string of the molecule is CCNNC(=O)C1=C(CN2CCOCC2)N2C=C(c3ccccc3)C=CC2N1. The molecule has 3 heterocycles. The van der Waals surface area contributed by atoms with E-state index in [4.69, 9.17) is 4.74 Å². The maximum absolute atomic E-state index is 12.7. The summed E-state index contributed by atoms with van der Waals surface area (Å²) in [6.45, 7) is 6.52. The fourth-order valence-corrected chi connectivity index (χ4v) is 3.65. The van der Waals surface area contributed by atoms with Gasteiger partial charge in [-0.05, 0) is 17.2 Å². The van der Waals surface area contributed by atoms with Crippen LogP contribution in [0.1, 0.15) is 12.5 Å². The van der Waals surface area contributed by atoms with Gasteiger partial charge in [0.25, 0.3) is 5.91 Å². The third-order valence-corrected chi connectivity index (χ3v) is 5.12. The van der Waals surface area contributed by atoms with E-state index in [1.165, 1.54) is 0 Å². The Balaban J connectivity index is 1.63. The summed E-state index contributed by atoms with van der Waals surface area (Å²) >= 11 is 0. The van der Waals surface area contributed by atoms with Crippen LogP contribution in [-0.2, 0) is 9.53 Å². The van der Waals surface area contributed by atoms with E-state index in [0.717, 1.165) is 43.1 Å². The summed E-state index contributed by atoms with van der Waals surface area (Å²) in [5, 5.41) is 3.38. The number of carbonyl (C=O) groups excluding carboxylic acids is 1. The van der Waals surface area contributed by atoms with Crippen LogP contribution in [0.3, 0.4) is 0 Å². The van der Waals surface area contributed by atoms with Gasteiger partial charge >= 0.3 is 0 Å². The zero-order valence-electron chi connectivity index (χ0n) is 16.1. The largest absolute Gasteiger partial charge is 0.379 e. The molecule has 3 N–H and O–H groups in total. The lowest BCUT2D eigenvalue weighted by Gasteiger charge is -2.32. The number of hydrogen-bond donors (Lipinski definition) is 3. The molecule has 4 rings (SSSR count). The van der Waals surface area contributed by atoms with E-state index in [1.54, 1.807) is 0 Å². The minimum Gasteiger partial charge on any atom is -0.379 e. The Bertz CT molecular complexity index is 796. The van der Waals surface area contributed by atoms with Crippen LogP contribution in [0.5, 0.6) is 0 Å². The van der Waals surface area contributed by atoms with Gasteiger partial charge in [-0.3, -0.25) is 15.1 Å². The minimum atomic E-state index is -0.137. The predicted molar refractivity (Wildman–Crippen MR) is 108 cm³/mol. The molecule has 1 unspecified atom stereocenters. The Morgan fingerprint density at radius 2 is 2.04 bits per heavy atom. The van der Waals surface area contributed by atoms with Gasteiger partial charge in [-0.1, -0.05) is 43.3 Å². The van der Waals surface area contributed by atoms with Crippen LogP contribution in [0.2, 0.25) is 0 Å². The molecule has 0 aromatic heterocycles.